The number of hydrogen-bond donors (Lipinski definition) is 4. The van der Waals surface area contributed by atoms with Crippen LogP contribution in [0.15, 0.2) is 41.3 Å². The molecule has 2 fully saturated rings. The fourth-order valence-corrected chi connectivity index (χ4v) is 6.46. The van der Waals surface area contributed by atoms with Gasteiger partial charge in [-0.25, -0.2) is 19.2 Å². The van der Waals surface area contributed by atoms with Crippen LogP contribution in [-0.4, -0.2) is 105 Å². The normalized spacial score (nSPS) is 18.8. The summed E-state index contributed by atoms with van der Waals surface area (Å²) < 4.78 is 12.1. The molecule has 15 nitrogen and oxygen atoms in total. The average Bonchev–Trinajstić information content (AvgIpc) is 3.04. The molecular formula is C38H58N8O7. The highest BCUT2D eigenvalue weighted by Crippen LogP contribution is 2.21. The summed E-state index contributed by atoms with van der Waals surface area (Å²) in [6.07, 6.45) is 5.11. The van der Waals surface area contributed by atoms with Crippen LogP contribution < -0.4 is 27.0 Å². The Morgan fingerprint density at radius 1 is 0.792 bits per heavy atom. The lowest BCUT2D eigenvalue weighted by Crippen LogP contribution is -2.60. The van der Waals surface area contributed by atoms with Gasteiger partial charge in [-0.05, 0) is 118 Å². The van der Waals surface area contributed by atoms with Gasteiger partial charge in [0, 0.05) is 50.5 Å². The summed E-state index contributed by atoms with van der Waals surface area (Å²) in [7, 11) is 0. The summed E-state index contributed by atoms with van der Waals surface area (Å²) in [4.78, 5) is 70.7. The molecule has 15 heteroatoms. The van der Waals surface area contributed by atoms with E-state index in [0.717, 1.165) is 37.7 Å². The molecule has 53 heavy (non-hydrogen) atoms. The van der Waals surface area contributed by atoms with E-state index in [9.17, 15) is 24.0 Å². The zero-order valence-corrected chi connectivity index (χ0v) is 32.7. The maximum atomic E-state index is 13.1. The molecule has 5 amide bonds. The first-order valence-electron chi connectivity index (χ1n) is 18.5. The fourth-order valence-electron chi connectivity index (χ4n) is 6.46. The van der Waals surface area contributed by atoms with E-state index < -0.39 is 34.6 Å². The van der Waals surface area contributed by atoms with Gasteiger partial charge in [0.25, 0.3) is 0 Å². The molecule has 4 N–H and O–H groups in total. The minimum absolute atomic E-state index is 0.128. The SMILES string of the molecule is CC(Cc1ccc(-n2ccc(NC(=O)N3CCN(C(=O)C(C)(C)NC(=O)OC(C)(C)C)CC3)nc2=O)cc1)N[C@H]1CC[C@H](NC(=O)OC(C)(C)C)CC1. The van der Waals surface area contributed by atoms with Gasteiger partial charge in [-0.2, -0.15) is 4.98 Å². The number of carbonyl (C=O) groups is 4. The summed E-state index contributed by atoms with van der Waals surface area (Å²) in [5.41, 5.74) is -1.14. The van der Waals surface area contributed by atoms with Crippen molar-refractivity contribution in [2.24, 2.45) is 0 Å². The van der Waals surface area contributed by atoms with E-state index in [0.29, 0.717) is 11.7 Å². The second kappa shape index (κ2) is 17.0. The molecule has 4 rings (SSSR count). The van der Waals surface area contributed by atoms with Gasteiger partial charge in [-0.1, -0.05) is 12.1 Å². The molecule has 0 bridgehead atoms. The molecule has 2 aromatic rings. The van der Waals surface area contributed by atoms with Crippen molar-refractivity contribution >= 4 is 29.9 Å². The van der Waals surface area contributed by atoms with Crippen LogP contribution in [0.3, 0.4) is 0 Å². The minimum Gasteiger partial charge on any atom is -0.444 e. The Bertz CT molecular complexity index is 1650. The van der Waals surface area contributed by atoms with E-state index >= 15 is 0 Å². The average molecular weight is 739 g/mol. The lowest BCUT2D eigenvalue weighted by molar-refractivity contribution is -0.138. The van der Waals surface area contributed by atoms with Gasteiger partial charge in [-0.3, -0.25) is 14.7 Å². The van der Waals surface area contributed by atoms with Gasteiger partial charge >= 0.3 is 23.9 Å². The number of aromatic nitrogens is 2. The van der Waals surface area contributed by atoms with Gasteiger partial charge < -0.3 is 35.2 Å². The summed E-state index contributed by atoms with van der Waals surface area (Å²) in [5.74, 6) is -0.151. The fraction of sp³-hybridized carbons (Fsp3) is 0.632. The van der Waals surface area contributed by atoms with E-state index in [1.54, 1.807) is 56.7 Å². The Hall–Kier alpha value is -4.66. The third kappa shape index (κ3) is 12.8. The third-order valence-electron chi connectivity index (χ3n) is 8.97. The van der Waals surface area contributed by atoms with Crippen molar-refractivity contribution in [1.82, 2.24) is 35.3 Å². The lowest BCUT2D eigenvalue weighted by atomic mass is 9.90. The van der Waals surface area contributed by atoms with E-state index in [1.807, 2.05) is 45.0 Å². The van der Waals surface area contributed by atoms with Crippen LogP contribution >= 0.6 is 0 Å². The Morgan fingerprint density at radius 3 is 1.91 bits per heavy atom. The lowest BCUT2D eigenvalue weighted by Gasteiger charge is -2.38. The van der Waals surface area contributed by atoms with Crippen molar-refractivity contribution in [3.63, 3.8) is 0 Å². The number of urea groups is 1. The molecule has 0 spiro atoms. The van der Waals surface area contributed by atoms with Crippen molar-refractivity contribution in [1.29, 1.82) is 0 Å². The quantitative estimate of drug-likeness (QED) is 0.287. The predicted molar refractivity (Wildman–Crippen MR) is 202 cm³/mol. The van der Waals surface area contributed by atoms with E-state index in [2.05, 4.69) is 33.2 Å². The van der Waals surface area contributed by atoms with Crippen LogP contribution in [0, 0.1) is 0 Å². The Labute approximate surface area is 312 Å². The van der Waals surface area contributed by atoms with Crippen molar-refractivity contribution in [2.75, 3.05) is 31.5 Å². The molecule has 2 aliphatic rings. The highest BCUT2D eigenvalue weighted by Gasteiger charge is 2.37. The van der Waals surface area contributed by atoms with Gasteiger partial charge in [0.05, 0.1) is 5.69 Å². The predicted octanol–water partition coefficient (Wildman–Crippen LogP) is 4.57. The Morgan fingerprint density at radius 2 is 1.34 bits per heavy atom. The number of rotatable bonds is 9. The van der Waals surface area contributed by atoms with Crippen LogP contribution in [0.25, 0.3) is 5.69 Å². The van der Waals surface area contributed by atoms with E-state index in [1.165, 1.54) is 4.57 Å². The smallest absolute Gasteiger partial charge is 0.408 e. The van der Waals surface area contributed by atoms with E-state index in [4.69, 9.17) is 9.47 Å². The van der Waals surface area contributed by atoms with Crippen LogP contribution in [0.1, 0.15) is 93.6 Å². The largest absolute Gasteiger partial charge is 0.444 e. The molecule has 1 aromatic carbocycles. The molecule has 0 radical (unpaired) electrons. The summed E-state index contributed by atoms with van der Waals surface area (Å²) in [6, 6.07) is 9.64. The van der Waals surface area contributed by atoms with Crippen molar-refractivity contribution in [3.8, 4) is 5.69 Å². The standard InChI is InChI=1S/C38H58N8O7/c1-25(39-27-12-14-28(15-13-27)40-34(50)52-36(2,3)4)24-26-10-16-29(17-11-26)46-19-18-30(42-33(46)49)41-32(48)45-22-20-44(21-23-45)31(47)38(8,9)43-35(51)53-37(5,6)7/h10-11,16-19,25,27-28,39H,12-15,20-24H2,1-9H3,(H,40,50)(H,43,51)(H,41,42,48,49)/t25?,27-,28-. The molecule has 1 aromatic heterocycles. The number of ether oxygens (including phenoxy) is 2. The first kappa shape index (κ1) is 41.1. The maximum Gasteiger partial charge on any atom is 0.408 e. The number of carbonyl (C=O) groups excluding carboxylic acids is 4. The molecule has 1 saturated carbocycles. The summed E-state index contributed by atoms with van der Waals surface area (Å²) >= 11 is 0. The van der Waals surface area contributed by atoms with E-state index in [-0.39, 0.29) is 56.1 Å². The second-order valence-corrected chi connectivity index (χ2v) is 16.6. The molecular weight excluding hydrogens is 680 g/mol. The molecule has 1 aliphatic carbocycles. The Kier molecular flexibility index (Phi) is 13.2. The Balaban J connectivity index is 1.21. The topological polar surface area (TPSA) is 176 Å². The molecule has 1 aliphatic heterocycles. The highest BCUT2D eigenvalue weighted by atomic mass is 16.6. The monoisotopic (exact) mass is 738 g/mol. The highest BCUT2D eigenvalue weighted by molar-refractivity contribution is 5.90. The second-order valence-electron chi connectivity index (χ2n) is 16.6. The molecule has 292 valence electrons. The zero-order chi connectivity index (χ0) is 39.1. The zero-order valence-electron chi connectivity index (χ0n) is 32.7. The van der Waals surface area contributed by atoms with Crippen LogP contribution in [0.5, 0.6) is 0 Å². The number of nitrogens with zero attached hydrogens (tertiary/aromatic N) is 4. The number of hydrogen-bond acceptors (Lipinski definition) is 9. The van der Waals surface area contributed by atoms with Crippen LogP contribution in [-0.2, 0) is 20.7 Å². The summed E-state index contributed by atoms with van der Waals surface area (Å²) in [5, 5.41) is 12.0. The van der Waals surface area contributed by atoms with Crippen LogP contribution in [0.4, 0.5) is 20.2 Å². The summed E-state index contributed by atoms with van der Waals surface area (Å²) in [6.45, 7) is 17.3. The first-order valence-corrected chi connectivity index (χ1v) is 18.5. The number of amides is 5. The third-order valence-corrected chi connectivity index (χ3v) is 8.97. The first-order chi connectivity index (χ1) is 24.7. The number of anilines is 1. The van der Waals surface area contributed by atoms with Gasteiger partial charge in [-0.15, -0.1) is 0 Å². The number of benzene rings is 1. The molecule has 1 unspecified atom stereocenters. The molecule has 1 saturated heterocycles. The number of nitrogens with one attached hydrogen (secondary N) is 4. The van der Waals surface area contributed by atoms with Gasteiger partial charge in [0.15, 0.2) is 0 Å². The number of alkyl carbamates (subject to hydrolysis) is 2. The van der Waals surface area contributed by atoms with Crippen molar-refractivity contribution < 1.29 is 28.7 Å². The number of piperazine rings is 1. The molecule has 2 heterocycles. The minimum atomic E-state index is -1.19. The van der Waals surface area contributed by atoms with Crippen molar-refractivity contribution in [3.05, 3.63) is 52.6 Å². The van der Waals surface area contributed by atoms with Crippen LogP contribution in [0.2, 0.25) is 0 Å². The van der Waals surface area contributed by atoms with Crippen molar-refractivity contribution in [2.45, 2.75) is 129 Å². The van der Waals surface area contributed by atoms with Gasteiger partial charge in [0.1, 0.15) is 22.6 Å². The molecule has 1 atom stereocenters. The maximum absolute atomic E-state index is 13.1. The van der Waals surface area contributed by atoms with Gasteiger partial charge in [0.2, 0.25) is 5.91 Å².